The van der Waals surface area contributed by atoms with Gasteiger partial charge in [-0.15, -0.1) is 0 Å². The second-order valence-electron chi connectivity index (χ2n) is 6.01. The third kappa shape index (κ3) is 4.23. The van der Waals surface area contributed by atoms with Crippen LogP contribution < -0.4 is 15.0 Å². The lowest BCUT2D eigenvalue weighted by molar-refractivity contribution is 0.102. The summed E-state index contributed by atoms with van der Waals surface area (Å²) in [7, 11) is 1.57. The minimum Gasteiger partial charge on any atom is -0.495 e. The number of benzene rings is 2. The summed E-state index contributed by atoms with van der Waals surface area (Å²) in [4.78, 5) is 23.3. The van der Waals surface area contributed by atoms with Crippen LogP contribution in [0.5, 0.6) is 5.75 Å². The van der Waals surface area contributed by atoms with Crippen molar-refractivity contribution < 1.29 is 9.53 Å². The molecule has 1 aromatic heterocycles. The van der Waals surface area contributed by atoms with Gasteiger partial charge in [0.25, 0.3) is 5.91 Å². The molecule has 1 N–H and O–H groups in total. The highest BCUT2D eigenvalue weighted by Gasteiger charge is 2.14. The largest absolute Gasteiger partial charge is 0.495 e. The molecule has 6 nitrogen and oxygen atoms in total. The number of nitrogens with zero attached hydrogens (tertiary/aromatic N) is 3. The first kappa shape index (κ1) is 18.4. The smallest absolute Gasteiger partial charge is 0.258 e. The maximum Gasteiger partial charge on any atom is 0.258 e. The Labute approximate surface area is 158 Å². The van der Waals surface area contributed by atoms with Crippen LogP contribution in [0.4, 0.5) is 17.3 Å². The normalized spacial score (nSPS) is 10.3. The van der Waals surface area contributed by atoms with Gasteiger partial charge in [-0.1, -0.05) is 24.3 Å². The van der Waals surface area contributed by atoms with Crippen LogP contribution in [0.1, 0.15) is 22.8 Å². The number of carbonyl (C=O) groups excluding carboxylic acids is 1. The molecule has 0 saturated heterocycles. The van der Waals surface area contributed by atoms with Gasteiger partial charge in [0.1, 0.15) is 5.75 Å². The monoisotopic (exact) mass is 362 g/mol. The fourth-order valence-corrected chi connectivity index (χ4v) is 2.74. The van der Waals surface area contributed by atoms with Crippen molar-refractivity contribution in [3.63, 3.8) is 0 Å². The van der Waals surface area contributed by atoms with Gasteiger partial charge in [0.15, 0.2) is 0 Å². The van der Waals surface area contributed by atoms with Crippen LogP contribution in [0.15, 0.2) is 60.9 Å². The summed E-state index contributed by atoms with van der Waals surface area (Å²) in [5, 5.41) is 2.86. The number of ether oxygens (including phenoxy) is 1. The van der Waals surface area contributed by atoms with Crippen LogP contribution in [0, 0.1) is 6.92 Å². The van der Waals surface area contributed by atoms with Crippen molar-refractivity contribution in [2.24, 2.45) is 0 Å². The zero-order valence-electron chi connectivity index (χ0n) is 15.6. The Hall–Kier alpha value is -3.41. The lowest BCUT2D eigenvalue weighted by atomic mass is 10.2. The van der Waals surface area contributed by atoms with E-state index in [4.69, 9.17) is 4.74 Å². The third-order valence-electron chi connectivity index (χ3n) is 4.13. The molecular formula is C21H22N4O2. The first-order valence-corrected chi connectivity index (χ1v) is 8.73. The van der Waals surface area contributed by atoms with Gasteiger partial charge in [-0.05, 0) is 43.7 Å². The maximum atomic E-state index is 12.6. The van der Waals surface area contributed by atoms with Gasteiger partial charge in [0, 0.05) is 24.6 Å². The zero-order valence-corrected chi connectivity index (χ0v) is 15.6. The Morgan fingerprint density at radius 3 is 2.44 bits per heavy atom. The number of para-hydroxylation sites is 1. The van der Waals surface area contributed by atoms with Crippen molar-refractivity contribution in [2.45, 2.75) is 13.8 Å². The molecule has 0 radical (unpaired) electrons. The minimum atomic E-state index is -0.284. The van der Waals surface area contributed by atoms with Gasteiger partial charge in [0.2, 0.25) is 5.95 Å². The Kier molecular flexibility index (Phi) is 5.66. The molecule has 3 rings (SSSR count). The van der Waals surface area contributed by atoms with Gasteiger partial charge in [0.05, 0.1) is 18.4 Å². The van der Waals surface area contributed by atoms with E-state index in [0.29, 0.717) is 22.9 Å². The topological polar surface area (TPSA) is 67.4 Å². The Morgan fingerprint density at radius 1 is 1.11 bits per heavy atom. The number of nitrogens with one attached hydrogen (secondary N) is 1. The van der Waals surface area contributed by atoms with E-state index >= 15 is 0 Å². The SMILES string of the molecule is CCN(c1ccccc1)c1ncc(C(=O)Nc2cc(C)ccc2OC)cn1. The summed E-state index contributed by atoms with van der Waals surface area (Å²) in [5.74, 6) is 0.870. The van der Waals surface area contributed by atoms with Crippen molar-refractivity contribution in [3.05, 3.63) is 72.1 Å². The lowest BCUT2D eigenvalue weighted by Crippen LogP contribution is -2.20. The molecule has 3 aromatic rings. The van der Waals surface area contributed by atoms with E-state index in [1.54, 1.807) is 7.11 Å². The molecule has 0 aliphatic rings. The number of aromatic nitrogens is 2. The molecule has 0 aliphatic carbocycles. The summed E-state index contributed by atoms with van der Waals surface area (Å²) in [6.07, 6.45) is 3.07. The standard InChI is InChI=1S/C21H22N4O2/c1-4-25(17-8-6-5-7-9-17)21-22-13-16(14-23-21)20(26)24-18-12-15(2)10-11-19(18)27-3/h5-14H,4H2,1-3H3,(H,24,26). The molecule has 1 heterocycles. The van der Waals surface area contributed by atoms with Crippen molar-refractivity contribution in [1.82, 2.24) is 9.97 Å². The van der Waals surface area contributed by atoms with Gasteiger partial charge in [-0.2, -0.15) is 0 Å². The summed E-state index contributed by atoms with van der Waals surface area (Å²) >= 11 is 0. The molecule has 0 bridgehead atoms. The van der Waals surface area contributed by atoms with E-state index in [0.717, 1.165) is 17.8 Å². The quantitative estimate of drug-likeness (QED) is 0.712. The van der Waals surface area contributed by atoms with Gasteiger partial charge < -0.3 is 15.0 Å². The molecule has 138 valence electrons. The van der Waals surface area contributed by atoms with Crippen molar-refractivity contribution in [1.29, 1.82) is 0 Å². The van der Waals surface area contributed by atoms with Crippen molar-refractivity contribution >= 4 is 23.2 Å². The molecule has 0 aliphatic heterocycles. The summed E-state index contributed by atoms with van der Waals surface area (Å²) in [6.45, 7) is 4.70. The van der Waals surface area contributed by atoms with Crippen LogP contribution in [0.25, 0.3) is 0 Å². The van der Waals surface area contributed by atoms with Crippen molar-refractivity contribution in [3.8, 4) is 5.75 Å². The van der Waals surface area contributed by atoms with E-state index in [1.807, 2.05) is 67.3 Å². The molecule has 0 unspecified atom stereocenters. The fourth-order valence-electron chi connectivity index (χ4n) is 2.74. The number of hydrogen-bond donors (Lipinski definition) is 1. The number of hydrogen-bond acceptors (Lipinski definition) is 5. The second-order valence-corrected chi connectivity index (χ2v) is 6.01. The summed E-state index contributed by atoms with van der Waals surface area (Å²) in [6, 6.07) is 15.5. The maximum absolute atomic E-state index is 12.6. The van der Waals surface area contributed by atoms with Crippen LogP contribution in [-0.4, -0.2) is 29.5 Å². The molecule has 1 amide bonds. The molecule has 6 heteroatoms. The zero-order chi connectivity index (χ0) is 19.2. The first-order chi connectivity index (χ1) is 13.1. The van der Waals surface area contributed by atoms with Crippen molar-refractivity contribution in [2.75, 3.05) is 23.9 Å². The molecule has 0 saturated carbocycles. The molecule has 27 heavy (non-hydrogen) atoms. The Morgan fingerprint density at radius 2 is 1.81 bits per heavy atom. The first-order valence-electron chi connectivity index (χ1n) is 8.73. The van der Waals surface area contributed by atoms with Crippen LogP contribution in [0.3, 0.4) is 0 Å². The van der Waals surface area contributed by atoms with Gasteiger partial charge >= 0.3 is 0 Å². The summed E-state index contributed by atoms with van der Waals surface area (Å²) < 4.78 is 5.30. The van der Waals surface area contributed by atoms with E-state index in [-0.39, 0.29) is 5.91 Å². The van der Waals surface area contributed by atoms with Crippen LogP contribution in [0.2, 0.25) is 0 Å². The highest BCUT2D eigenvalue weighted by molar-refractivity contribution is 6.04. The Bertz CT molecular complexity index is 911. The number of amides is 1. The van der Waals surface area contributed by atoms with Gasteiger partial charge in [-0.25, -0.2) is 9.97 Å². The predicted octanol–water partition coefficient (Wildman–Crippen LogP) is 4.20. The number of rotatable bonds is 6. The number of anilines is 3. The van der Waals surface area contributed by atoms with Crippen LogP contribution >= 0.6 is 0 Å². The third-order valence-corrected chi connectivity index (χ3v) is 4.13. The lowest BCUT2D eigenvalue weighted by Gasteiger charge is -2.20. The Balaban J connectivity index is 1.79. The van der Waals surface area contributed by atoms with Gasteiger partial charge in [-0.3, -0.25) is 4.79 Å². The highest BCUT2D eigenvalue weighted by atomic mass is 16.5. The molecule has 0 atom stereocenters. The van der Waals surface area contributed by atoms with E-state index in [9.17, 15) is 4.79 Å². The summed E-state index contributed by atoms with van der Waals surface area (Å²) in [5.41, 5.74) is 3.03. The predicted molar refractivity (Wildman–Crippen MR) is 107 cm³/mol. The van der Waals surface area contributed by atoms with E-state index in [1.165, 1.54) is 12.4 Å². The van der Waals surface area contributed by atoms with Crippen LogP contribution in [-0.2, 0) is 0 Å². The highest BCUT2D eigenvalue weighted by Crippen LogP contribution is 2.26. The molecule has 2 aromatic carbocycles. The molecule has 0 spiro atoms. The average molecular weight is 362 g/mol. The van der Waals surface area contributed by atoms with E-state index in [2.05, 4.69) is 15.3 Å². The second kappa shape index (κ2) is 8.31. The number of carbonyl (C=O) groups is 1. The average Bonchev–Trinajstić information content (AvgIpc) is 2.70. The number of aryl methyl sites for hydroxylation is 1. The molecular weight excluding hydrogens is 340 g/mol. The molecule has 0 fully saturated rings. The fraction of sp³-hybridized carbons (Fsp3) is 0.190. The number of methoxy groups -OCH3 is 1. The minimum absolute atomic E-state index is 0.284. The van der Waals surface area contributed by atoms with E-state index < -0.39 is 0 Å².